The van der Waals surface area contributed by atoms with Crippen LogP contribution < -0.4 is 4.74 Å². The molecule has 2 aromatic rings. The van der Waals surface area contributed by atoms with Gasteiger partial charge >= 0.3 is 0 Å². The second-order valence-corrected chi connectivity index (χ2v) is 3.07. The van der Waals surface area contributed by atoms with Crippen LogP contribution in [0, 0.1) is 0 Å². The van der Waals surface area contributed by atoms with Gasteiger partial charge in [0.15, 0.2) is 0 Å². The highest BCUT2D eigenvalue weighted by molar-refractivity contribution is 5.88. The molecule has 0 aliphatic carbocycles. The number of rotatable bonds is 2. The number of aliphatic imine (C=N–C) groups is 1. The zero-order chi connectivity index (χ0) is 10.7. The Morgan fingerprint density at radius 2 is 1.87 bits per heavy atom. The first-order chi connectivity index (χ1) is 7.35. The molecule has 0 radical (unpaired) electrons. The van der Waals surface area contributed by atoms with Crippen molar-refractivity contribution in [3.05, 3.63) is 36.4 Å². The first kappa shape index (κ1) is 9.44. The van der Waals surface area contributed by atoms with Crippen molar-refractivity contribution in [2.75, 3.05) is 7.11 Å². The monoisotopic (exact) mass is 199 g/mol. The van der Waals surface area contributed by atoms with Crippen LogP contribution >= 0.6 is 0 Å². The van der Waals surface area contributed by atoms with Gasteiger partial charge < -0.3 is 4.74 Å². The molecule has 0 atom stereocenters. The Kier molecular flexibility index (Phi) is 2.48. The minimum atomic E-state index is 0.506. The molecule has 0 bridgehead atoms. The van der Waals surface area contributed by atoms with Crippen LogP contribution in [0.2, 0.25) is 0 Å². The van der Waals surface area contributed by atoms with Crippen LogP contribution in [0.15, 0.2) is 41.4 Å². The van der Waals surface area contributed by atoms with Crippen molar-refractivity contribution in [1.82, 2.24) is 0 Å². The lowest BCUT2D eigenvalue weighted by molar-refractivity contribution is 0.416. The van der Waals surface area contributed by atoms with Crippen molar-refractivity contribution in [3.63, 3.8) is 0 Å². The van der Waals surface area contributed by atoms with Crippen LogP contribution in [-0.4, -0.2) is 13.2 Å². The lowest BCUT2D eigenvalue weighted by atomic mass is 10.1. The Morgan fingerprint density at radius 1 is 1.20 bits per heavy atom. The molecule has 3 heteroatoms. The van der Waals surface area contributed by atoms with E-state index in [0.717, 1.165) is 10.8 Å². The molecule has 2 rings (SSSR count). The summed E-state index contributed by atoms with van der Waals surface area (Å²) in [5.74, 6) is 0.581. The number of isocyanates is 1. The van der Waals surface area contributed by atoms with E-state index in [1.54, 1.807) is 13.2 Å². The van der Waals surface area contributed by atoms with Gasteiger partial charge in [0, 0.05) is 0 Å². The number of hydrogen-bond donors (Lipinski definition) is 0. The second kappa shape index (κ2) is 3.95. The maximum absolute atomic E-state index is 10.2. The van der Waals surface area contributed by atoms with Crippen molar-refractivity contribution in [3.8, 4) is 5.75 Å². The van der Waals surface area contributed by atoms with Gasteiger partial charge in [-0.2, -0.15) is 4.99 Å². The minimum Gasteiger partial charge on any atom is -0.494 e. The molecule has 0 fully saturated rings. The SMILES string of the molecule is COc1cc2ccccc2cc1N=C=O. The topological polar surface area (TPSA) is 38.7 Å². The Balaban J connectivity index is 2.74. The summed E-state index contributed by atoms with van der Waals surface area (Å²) in [7, 11) is 1.55. The lowest BCUT2D eigenvalue weighted by Gasteiger charge is -2.05. The van der Waals surface area contributed by atoms with Gasteiger partial charge in [0.05, 0.1) is 7.11 Å². The summed E-state index contributed by atoms with van der Waals surface area (Å²) in [5, 5.41) is 2.08. The molecule has 0 amide bonds. The molecule has 0 spiro atoms. The van der Waals surface area contributed by atoms with E-state index in [-0.39, 0.29) is 0 Å². The molecular formula is C12H9NO2. The molecule has 0 unspecified atom stereocenters. The third-order valence-electron chi connectivity index (χ3n) is 2.21. The molecule has 15 heavy (non-hydrogen) atoms. The number of ether oxygens (including phenoxy) is 1. The van der Waals surface area contributed by atoms with Crippen LogP contribution in [0.1, 0.15) is 0 Å². The Labute approximate surface area is 87.0 Å². The molecule has 0 saturated heterocycles. The maximum atomic E-state index is 10.2. The fourth-order valence-corrected chi connectivity index (χ4v) is 1.51. The van der Waals surface area contributed by atoms with Crippen molar-refractivity contribution in [2.45, 2.75) is 0 Å². The molecule has 0 saturated carbocycles. The molecule has 0 aliphatic heterocycles. The number of benzene rings is 2. The number of hydrogen-bond acceptors (Lipinski definition) is 3. The normalized spacial score (nSPS) is 9.67. The lowest BCUT2D eigenvalue weighted by Crippen LogP contribution is -1.83. The van der Waals surface area contributed by atoms with Crippen molar-refractivity contribution < 1.29 is 9.53 Å². The van der Waals surface area contributed by atoms with Crippen LogP contribution in [-0.2, 0) is 4.79 Å². The molecule has 0 aliphatic rings. The highest BCUT2D eigenvalue weighted by Gasteiger charge is 2.03. The minimum absolute atomic E-state index is 0.506. The molecule has 0 heterocycles. The highest BCUT2D eigenvalue weighted by atomic mass is 16.5. The van der Waals surface area contributed by atoms with E-state index in [9.17, 15) is 4.79 Å². The van der Waals surface area contributed by atoms with E-state index in [0.29, 0.717) is 11.4 Å². The van der Waals surface area contributed by atoms with Gasteiger partial charge in [-0.3, -0.25) is 0 Å². The van der Waals surface area contributed by atoms with Gasteiger partial charge in [0.2, 0.25) is 6.08 Å². The van der Waals surface area contributed by atoms with E-state index in [2.05, 4.69) is 4.99 Å². The van der Waals surface area contributed by atoms with Gasteiger partial charge in [0.1, 0.15) is 11.4 Å². The van der Waals surface area contributed by atoms with Crippen molar-refractivity contribution in [2.24, 2.45) is 4.99 Å². The third kappa shape index (κ3) is 1.73. The average molecular weight is 199 g/mol. The molecule has 2 aromatic carbocycles. The Bertz CT molecular complexity index is 542. The first-order valence-electron chi connectivity index (χ1n) is 4.50. The fourth-order valence-electron chi connectivity index (χ4n) is 1.51. The number of carbonyl (C=O) groups excluding carboxylic acids is 1. The predicted octanol–water partition coefficient (Wildman–Crippen LogP) is 2.82. The summed E-state index contributed by atoms with van der Waals surface area (Å²) in [6, 6.07) is 11.5. The van der Waals surface area contributed by atoms with E-state index >= 15 is 0 Å². The summed E-state index contributed by atoms with van der Waals surface area (Å²) in [6.45, 7) is 0. The van der Waals surface area contributed by atoms with Crippen LogP contribution in [0.25, 0.3) is 10.8 Å². The third-order valence-corrected chi connectivity index (χ3v) is 2.21. The van der Waals surface area contributed by atoms with Gasteiger partial charge in [-0.25, -0.2) is 4.79 Å². The van der Waals surface area contributed by atoms with Crippen LogP contribution in [0.4, 0.5) is 5.69 Å². The fraction of sp³-hybridized carbons (Fsp3) is 0.0833. The number of nitrogens with zero attached hydrogens (tertiary/aromatic N) is 1. The number of fused-ring (bicyclic) bond motifs is 1. The second-order valence-electron chi connectivity index (χ2n) is 3.07. The van der Waals surface area contributed by atoms with Gasteiger partial charge in [-0.15, -0.1) is 0 Å². The smallest absolute Gasteiger partial charge is 0.240 e. The van der Waals surface area contributed by atoms with Gasteiger partial charge in [0.25, 0.3) is 0 Å². The average Bonchev–Trinajstić information content (AvgIpc) is 2.28. The molecule has 0 N–H and O–H groups in total. The standard InChI is InChI=1S/C12H9NO2/c1-15-12-7-10-5-3-2-4-9(10)6-11(12)13-8-14/h2-7H,1H3. The molecular weight excluding hydrogens is 190 g/mol. The van der Waals surface area contributed by atoms with E-state index < -0.39 is 0 Å². The summed E-state index contributed by atoms with van der Waals surface area (Å²) in [6.07, 6.45) is 1.52. The van der Waals surface area contributed by atoms with Crippen molar-refractivity contribution in [1.29, 1.82) is 0 Å². The summed E-state index contributed by atoms with van der Waals surface area (Å²) < 4.78 is 5.13. The maximum Gasteiger partial charge on any atom is 0.240 e. The Morgan fingerprint density at radius 3 is 2.47 bits per heavy atom. The first-order valence-corrected chi connectivity index (χ1v) is 4.50. The van der Waals surface area contributed by atoms with Crippen LogP contribution in [0.3, 0.4) is 0 Å². The predicted molar refractivity (Wildman–Crippen MR) is 58.3 cm³/mol. The zero-order valence-corrected chi connectivity index (χ0v) is 8.23. The van der Waals surface area contributed by atoms with E-state index in [1.807, 2.05) is 30.3 Å². The van der Waals surface area contributed by atoms with E-state index in [1.165, 1.54) is 6.08 Å². The Hall–Kier alpha value is -2.12. The van der Waals surface area contributed by atoms with Crippen molar-refractivity contribution >= 4 is 22.5 Å². The number of methoxy groups -OCH3 is 1. The molecule has 74 valence electrons. The summed E-state index contributed by atoms with van der Waals surface area (Å²) in [4.78, 5) is 13.8. The van der Waals surface area contributed by atoms with Gasteiger partial charge in [-0.1, -0.05) is 24.3 Å². The quantitative estimate of drug-likeness (QED) is 0.551. The largest absolute Gasteiger partial charge is 0.494 e. The summed E-state index contributed by atoms with van der Waals surface area (Å²) >= 11 is 0. The zero-order valence-electron chi connectivity index (χ0n) is 8.23. The van der Waals surface area contributed by atoms with Gasteiger partial charge in [-0.05, 0) is 22.9 Å². The molecule has 3 nitrogen and oxygen atoms in total. The van der Waals surface area contributed by atoms with Crippen LogP contribution in [0.5, 0.6) is 5.75 Å². The summed E-state index contributed by atoms with van der Waals surface area (Å²) in [5.41, 5.74) is 0.506. The molecule has 0 aromatic heterocycles. The highest BCUT2D eigenvalue weighted by Crippen LogP contribution is 2.31. The van der Waals surface area contributed by atoms with E-state index in [4.69, 9.17) is 4.74 Å².